The third kappa shape index (κ3) is 4.38. The predicted molar refractivity (Wildman–Crippen MR) is 109 cm³/mol. The molecule has 0 bridgehead atoms. The molecule has 0 aliphatic carbocycles. The van der Waals surface area contributed by atoms with Gasteiger partial charge in [0.2, 0.25) is 0 Å². The lowest BCUT2D eigenvalue weighted by atomic mass is 10.1. The van der Waals surface area contributed by atoms with Crippen molar-refractivity contribution in [2.75, 3.05) is 5.32 Å². The van der Waals surface area contributed by atoms with Crippen molar-refractivity contribution >= 4 is 23.0 Å². The van der Waals surface area contributed by atoms with Crippen LogP contribution >= 0.6 is 0 Å². The summed E-state index contributed by atoms with van der Waals surface area (Å²) in [5.41, 5.74) is 0.309. The Morgan fingerprint density at radius 3 is 2.40 bits per heavy atom. The van der Waals surface area contributed by atoms with Gasteiger partial charge < -0.3 is 9.88 Å². The van der Waals surface area contributed by atoms with E-state index in [1.165, 1.54) is 59.3 Å². The van der Waals surface area contributed by atoms with Crippen LogP contribution in [0, 0.1) is 27.2 Å². The molecular formula is C20H16N4O6. The highest BCUT2D eigenvalue weighted by atomic mass is 16.6. The van der Waals surface area contributed by atoms with Crippen LogP contribution in [0.15, 0.2) is 65.6 Å². The van der Waals surface area contributed by atoms with Gasteiger partial charge in [0.25, 0.3) is 22.8 Å². The van der Waals surface area contributed by atoms with Gasteiger partial charge in [-0.25, -0.2) is 0 Å². The number of rotatable bonds is 6. The molecule has 3 aromatic rings. The SMILES string of the molecule is Cc1ccc([N+](=O)[O-])cc1NC(=O)c1cccn(Cc2cccc([N+](=O)[O-])c2)c1=O. The Kier molecular flexibility index (Phi) is 5.68. The van der Waals surface area contributed by atoms with Crippen LogP contribution in [-0.4, -0.2) is 20.3 Å². The van der Waals surface area contributed by atoms with Gasteiger partial charge in [0, 0.05) is 30.5 Å². The van der Waals surface area contributed by atoms with E-state index in [0.29, 0.717) is 11.1 Å². The molecule has 0 spiro atoms. The second-order valence-electron chi connectivity index (χ2n) is 6.49. The lowest BCUT2D eigenvalue weighted by Gasteiger charge is -2.10. The van der Waals surface area contributed by atoms with Gasteiger partial charge in [-0.1, -0.05) is 18.2 Å². The van der Waals surface area contributed by atoms with Gasteiger partial charge in [-0.3, -0.25) is 29.8 Å². The highest BCUT2D eigenvalue weighted by Gasteiger charge is 2.16. The third-order valence-corrected chi connectivity index (χ3v) is 4.42. The summed E-state index contributed by atoms with van der Waals surface area (Å²) in [6, 6.07) is 12.7. The number of carbonyl (C=O) groups excluding carboxylic acids is 1. The maximum atomic E-state index is 12.7. The number of aromatic nitrogens is 1. The number of non-ortho nitro benzene ring substituents is 2. The van der Waals surface area contributed by atoms with E-state index in [2.05, 4.69) is 5.32 Å². The molecule has 10 heteroatoms. The first-order valence-electron chi connectivity index (χ1n) is 8.75. The van der Waals surface area contributed by atoms with Crippen LogP contribution in [0.5, 0.6) is 0 Å². The topological polar surface area (TPSA) is 137 Å². The monoisotopic (exact) mass is 408 g/mol. The molecule has 0 saturated carbocycles. The summed E-state index contributed by atoms with van der Waals surface area (Å²) in [6.45, 7) is 1.71. The zero-order chi connectivity index (χ0) is 21.8. The zero-order valence-electron chi connectivity index (χ0n) is 15.8. The number of anilines is 1. The maximum Gasteiger partial charge on any atom is 0.271 e. The molecule has 1 N–H and O–H groups in total. The summed E-state index contributed by atoms with van der Waals surface area (Å²) in [4.78, 5) is 46.1. The number of pyridine rings is 1. The number of nitrogens with one attached hydrogen (secondary N) is 1. The van der Waals surface area contributed by atoms with Gasteiger partial charge in [0.1, 0.15) is 5.56 Å². The van der Waals surface area contributed by atoms with Gasteiger partial charge in [-0.05, 0) is 30.2 Å². The van der Waals surface area contributed by atoms with Crippen LogP contribution in [0.1, 0.15) is 21.5 Å². The molecular weight excluding hydrogens is 392 g/mol. The van der Waals surface area contributed by atoms with Crippen molar-refractivity contribution in [3.05, 3.63) is 108 Å². The predicted octanol–water partition coefficient (Wildman–Crippen LogP) is 3.27. The van der Waals surface area contributed by atoms with Crippen molar-refractivity contribution in [1.29, 1.82) is 0 Å². The molecule has 152 valence electrons. The van der Waals surface area contributed by atoms with E-state index in [1.54, 1.807) is 13.0 Å². The average molecular weight is 408 g/mol. The maximum absolute atomic E-state index is 12.7. The molecule has 1 amide bonds. The van der Waals surface area contributed by atoms with Crippen molar-refractivity contribution in [3.8, 4) is 0 Å². The molecule has 0 saturated heterocycles. The van der Waals surface area contributed by atoms with Crippen molar-refractivity contribution in [2.45, 2.75) is 13.5 Å². The third-order valence-electron chi connectivity index (χ3n) is 4.42. The highest BCUT2D eigenvalue weighted by molar-refractivity contribution is 6.04. The van der Waals surface area contributed by atoms with E-state index < -0.39 is 21.3 Å². The Labute approximate surface area is 169 Å². The fraction of sp³-hybridized carbons (Fsp3) is 0.100. The molecule has 0 aliphatic heterocycles. The van der Waals surface area contributed by atoms with E-state index >= 15 is 0 Å². The van der Waals surface area contributed by atoms with Crippen molar-refractivity contribution < 1.29 is 14.6 Å². The molecule has 30 heavy (non-hydrogen) atoms. The van der Waals surface area contributed by atoms with Gasteiger partial charge >= 0.3 is 0 Å². The molecule has 2 aromatic carbocycles. The second kappa shape index (κ2) is 8.35. The van der Waals surface area contributed by atoms with Crippen molar-refractivity contribution in [1.82, 2.24) is 4.57 Å². The van der Waals surface area contributed by atoms with E-state index in [1.807, 2.05) is 0 Å². The van der Waals surface area contributed by atoms with Crippen LogP contribution in [0.4, 0.5) is 17.1 Å². The number of hydrogen-bond acceptors (Lipinski definition) is 6. The molecule has 3 rings (SSSR count). The molecule has 10 nitrogen and oxygen atoms in total. The fourth-order valence-electron chi connectivity index (χ4n) is 2.85. The number of amides is 1. The van der Waals surface area contributed by atoms with Gasteiger partial charge in [-0.2, -0.15) is 0 Å². The Hall–Kier alpha value is -4.34. The quantitative estimate of drug-likeness (QED) is 0.491. The number of benzene rings is 2. The summed E-state index contributed by atoms with van der Waals surface area (Å²) >= 11 is 0. The Morgan fingerprint density at radius 2 is 1.70 bits per heavy atom. The number of aryl methyl sites for hydroxylation is 1. The van der Waals surface area contributed by atoms with Crippen molar-refractivity contribution in [3.63, 3.8) is 0 Å². The smallest absolute Gasteiger partial charge is 0.271 e. The zero-order valence-corrected chi connectivity index (χ0v) is 15.8. The van der Waals surface area contributed by atoms with Crippen molar-refractivity contribution in [2.24, 2.45) is 0 Å². The van der Waals surface area contributed by atoms with Gasteiger partial charge in [0.05, 0.1) is 22.1 Å². The number of nitro benzene ring substituents is 2. The molecule has 0 atom stereocenters. The number of nitro groups is 2. The van der Waals surface area contributed by atoms with E-state index in [-0.39, 0.29) is 29.2 Å². The Bertz CT molecular complexity index is 1220. The van der Waals surface area contributed by atoms with E-state index in [0.717, 1.165) is 0 Å². The number of carbonyl (C=O) groups is 1. The summed E-state index contributed by atoms with van der Waals surface area (Å²) in [5.74, 6) is -0.711. The first-order chi connectivity index (χ1) is 14.3. The molecule has 1 aromatic heterocycles. The first-order valence-corrected chi connectivity index (χ1v) is 8.75. The molecule has 0 radical (unpaired) electrons. The second-order valence-corrected chi connectivity index (χ2v) is 6.49. The lowest BCUT2D eigenvalue weighted by molar-refractivity contribution is -0.385. The Morgan fingerprint density at radius 1 is 1.00 bits per heavy atom. The highest BCUT2D eigenvalue weighted by Crippen LogP contribution is 2.22. The van der Waals surface area contributed by atoms with E-state index in [4.69, 9.17) is 0 Å². The van der Waals surface area contributed by atoms with Crippen LogP contribution < -0.4 is 10.9 Å². The van der Waals surface area contributed by atoms with Gasteiger partial charge in [0.15, 0.2) is 0 Å². The van der Waals surface area contributed by atoms with Crippen LogP contribution in [0.25, 0.3) is 0 Å². The summed E-state index contributed by atoms with van der Waals surface area (Å²) in [6.07, 6.45) is 1.47. The summed E-state index contributed by atoms with van der Waals surface area (Å²) < 4.78 is 1.26. The first kappa shape index (κ1) is 20.4. The van der Waals surface area contributed by atoms with E-state index in [9.17, 15) is 29.8 Å². The van der Waals surface area contributed by atoms with Gasteiger partial charge in [-0.15, -0.1) is 0 Å². The molecule has 0 aliphatic rings. The van der Waals surface area contributed by atoms with Crippen LogP contribution in [0.3, 0.4) is 0 Å². The molecule has 0 unspecified atom stereocenters. The number of hydrogen-bond donors (Lipinski definition) is 1. The molecule has 1 heterocycles. The summed E-state index contributed by atoms with van der Waals surface area (Å²) in [5, 5.41) is 24.4. The number of nitrogens with zero attached hydrogens (tertiary/aromatic N) is 3. The molecule has 0 fully saturated rings. The minimum Gasteiger partial charge on any atom is -0.321 e. The largest absolute Gasteiger partial charge is 0.321 e. The lowest BCUT2D eigenvalue weighted by Crippen LogP contribution is -2.29. The fourth-order valence-corrected chi connectivity index (χ4v) is 2.85. The average Bonchev–Trinajstić information content (AvgIpc) is 2.71. The van der Waals surface area contributed by atoms with Crippen LogP contribution in [-0.2, 0) is 6.54 Å². The Balaban J connectivity index is 1.88. The summed E-state index contributed by atoms with van der Waals surface area (Å²) in [7, 11) is 0. The minimum absolute atomic E-state index is 0.0392. The van der Waals surface area contributed by atoms with Crippen LogP contribution in [0.2, 0.25) is 0 Å². The minimum atomic E-state index is -0.711. The standard InChI is InChI=1S/C20H16N4O6/c1-13-7-8-16(24(29)30)11-18(13)21-19(25)17-6-3-9-22(20(17)26)12-14-4-2-5-15(10-14)23(27)28/h2-11H,12H2,1H3,(H,21,25). The normalized spacial score (nSPS) is 10.4.